The number of nitrogens with one attached hydrogen (secondary N) is 1. The second-order valence-corrected chi connectivity index (χ2v) is 5.63. The number of hydrogen-bond donors (Lipinski definition) is 2. The topological polar surface area (TPSA) is 79.3 Å². The van der Waals surface area contributed by atoms with Crippen molar-refractivity contribution < 1.29 is 14.7 Å². The molecule has 1 saturated carbocycles. The van der Waals surface area contributed by atoms with E-state index in [9.17, 15) is 9.59 Å². The molecule has 1 fully saturated rings. The van der Waals surface area contributed by atoms with Gasteiger partial charge in [0.25, 0.3) is 0 Å². The second kappa shape index (κ2) is 4.10. The lowest BCUT2D eigenvalue weighted by Crippen LogP contribution is -2.42. The summed E-state index contributed by atoms with van der Waals surface area (Å²) in [7, 11) is 0. The predicted octanol–water partition coefficient (Wildman–Crippen LogP) is 1.22. The van der Waals surface area contributed by atoms with Crippen LogP contribution in [0, 0.1) is 11.8 Å². The minimum absolute atomic E-state index is 0.197. The molecule has 1 aliphatic carbocycles. The smallest absolute Gasteiger partial charge is 0.307 e. The predicted molar refractivity (Wildman–Crippen MR) is 62.5 cm³/mol. The van der Waals surface area contributed by atoms with Crippen LogP contribution in [0.3, 0.4) is 0 Å². The third-order valence-corrected chi connectivity index (χ3v) is 3.94. The first-order valence-electron chi connectivity index (χ1n) is 5.36. The van der Waals surface area contributed by atoms with Gasteiger partial charge in [-0.15, -0.1) is 11.3 Å². The Balaban J connectivity index is 1.98. The van der Waals surface area contributed by atoms with E-state index < -0.39 is 17.4 Å². The summed E-state index contributed by atoms with van der Waals surface area (Å²) in [5, 5.41) is 14.3. The fourth-order valence-corrected chi connectivity index (χ4v) is 2.46. The number of carboxylic acids is 1. The average Bonchev–Trinajstić information content (AvgIpc) is 2.84. The van der Waals surface area contributed by atoms with Gasteiger partial charge < -0.3 is 10.4 Å². The Kier molecular flexibility index (Phi) is 2.91. The van der Waals surface area contributed by atoms with Crippen LogP contribution in [-0.2, 0) is 15.1 Å². The van der Waals surface area contributed by atoms with E-state index in [0.29, 0.717) is 6.42 Å². The maximum atomic E-state index is 11.8. The van der Waals surface area contributed by atoms with Gasteiger partial charge in [-0.2, -0.15) is 0 Å². The molecule has 1 aliphatic rings. The highest BCUT2D eigenvalue weighted by Gasteiger charge is 2.49. The van der Waals surface area contributed by atoms with Crippen LogP contribution < -0.4 is 5.32 Å². The third kappa shape index (κ3) is 2.46. The van der Waals surface area contributed by atoms with Crippen molar-refractivity contribution in [3.63, 3.8) is 0 Å². The highest BCUT2D eigenvalue weighted by Crippen LogP contribution is 2.39. The van der Waals surface area contributed by atoms with Crippen molar-refractivity contribution in [2.45, 2.75) is 25.8 Å². The summed E-state index contributed by atoms with van der Waals surface area (Å²) in [4.78, 5) is 26.7. The van der Waals surface area contributed by atoms with Gasteiger partial charge in [0, 0.05) is 11.6 Å². The largest absolute Gasteiger partial charge is 0.481 e. The summed E-state index contributed by atoms with van der Waals surface area (Å²) in [6.07, 6.45) is 2.13. The van der Waals surface area contributed by atoms with E-state index in [1.165, 1.54) is 11.3 Å². The van der Waals surface area contributed by atoms with Crippen molar-refractivity contribution in [1.29, 1.82) is 0 Å². The van der Waals surface area contributed by atoms with E-state index >= 15 is 0 Å². The molecule has 6 heteroatoms. The molecule has 0 bridgehead atoms. The van der Waals surface area contributed by atoms with Crippen molar-refractivity contribution in [2.24, 2.45) is 11.8 Å². The number of nitrogens with zero attached hydrogens (tertiary/aromatic N) is 1. The van der Waals surface area contributed by atoms with E-state index in [4.69, 9.17) is 5.11 Å². The molecule has 1 heterocycles. The summed E-state index contributed by atoms with van der Waals surface area (Å²) in [6, 6.07) is 0. The molecule has 0 aromatic carbocycles. The molecule has 1 amide bonds. The van der Waals surface area contributed by atoms with Crippen LogP contribution >= 0.6 is 11.3 Å². The van der Waals surface area contributed by atoms with Gasteiger partial charge in [0.2, 0.25) is 5.91 Å². The van der Waals surface area contributed by atoms with Crippen molar-refractivity contribution in [3.8, 4) is 0 Å². The van der Waals surface area contributed by atoms with Gasteiger partial charge in [0.15, 0.2) is 0 Å². The number of carbonyl (C=O) groups excluding carboxylic acids is 1. The molecule has 1 aromatic rings. The van der Waals surface area contributed by atoms with Crippen molar-refractivity contribution in [1.82, 2.24) is 10.3 Å². The molecule has 0 spiro atoms. The molecule has 2 atom stereocenters. The van der Waals surface area contributed by atoms with E-state index in [0.717, 1.165) is 5.01 Å². The first-order valence-corrected chi connectivity index (χ1v) is 6.24. The van der Waals surface area contributed by atoms with E-state index in [-0.39, 0.29) is 11.8 Å². The third-order valence-electron chi connectivity index (χ3n) is 2.85. The van der Waals surface area contributed by atoms with Crippen LogP contribution in [0.25, 0.3) is 0 Å². The first kappa shape index (κ1) is 12.0. The van der Waals surface area contributed by atoms with Gasteiger partial charge in [0.1, 0.15) is 5.01 Å². The Morgan fingerprint density at radius 2 is 2.24 bits per heavy atom. The van der Waals surface area contributed by atoms with Crippen LogP contribution in [0.2, 0.25) is 0 Å². The number of carbonyl (C=O) groups is 2. The summed E-state index contributed by atoms with van der Waals surface area (Å²) in [5.41, 5.74) is -0.545. The van der Waals surface area contributed by atoms with Crippen molar-refractivity contribution >= 4 is 23.2 Å². The molecule has 0 aliphatic heterocycles. The zero-order chi connectivity index (χ0) is 12.6. The van der Waals surface area contributed by atoms with Crippen molar-refractivity contribution in [3.05, 3.63) is 16.6 Å². The average molecular weight is 254 g/mol. The SMILES string of the molecule is CC(C)(NC(=O)C1CC1C(=O)O)c1nccs1. The van der Waals surface area contributed by atoms with E-state index in [1.807, 2.05) is 19.2 Å². The molecule has 2 N–H and O–H groups in total. The monoisotopic (exact) mass is 254 g/mol. The fourth-order valence-electron chi connectivity index (χ4n) is 1.74. The van der Waals surface area contributed by atoms with Gasteiger partial charge in [0.05, 0.1) is 17.4 Å². The van der Waals surface area contributed by atoms with Crippen LogP contribution in [0.15, 0.2) is 11.6 Å². The fraction of sp³-hybridized carbons (Fsp3) is 0.545. The Labute approximate surface area is 103 Å². The molecule has 2 unspecified atom stereocenters. The van der Waals surface area contributed by atoms with Crippen molar-refractivity contribution in [2.75, 3.05) is 0 Å². The number of amides is 1. The normalized spacial score (nSPS) is 23.2. The molecule has 5 nitrogen and oxygen atoms in total. The Morgan fingerprint density at radius 3 is 2.71 bits per heavy atom. The number of hydrogen-bond acceptors (Lipinski definition) is 4. The molecular weight excluding hydrogens is 240 g/mol. The lowest BCUT2D eigenvalue weighted by Gasteiger charge is -2.23. The minimum atomic E-state index is -0.891. The zero-order valence-corrected chi connectivity index (χ0v) is 10.5. The Morgan fingerprint density at radius 1 is 1.53 bits per heavy atom. The Bertz CT molecular complexity index is 442. The lowest BCUT2D eigenvalue weighted by molar-refractivity contribution is -0.140. The van der Waals surface area contributed by atoms with Gasteiger partial charge in [-0.3, -0.25) is 9.59 Å². The number of aliphatic carboxylic acids is 1. The molecule has 17 heavy (non-hydrogen) atoms. The summed E-state index contributed by atoms with van der Waals surface area (Å²) in [5.74, 6) is -1.98. The van der Waals surface area contributed by atoms with Gasteiger partial charge in [-0.05, 0) is 20.3 Å². The van der Waals surface area contributed by atoms with Crippen LogP contribution in [0.5, 0.6) is 0 Å². The first-order chi connectivity index (χ1) is 7.92. The molecule has 0 radical (unpaired) electrons. The molecule has 0 saturated heterocycles. The molecule has 1 aromatic heterocycles. The molecule has 2 rings (SSSR count). The number of carboxylic acid groups (broad SMARTS) is 1. The van der Waals surface area contributed by atoms with E-state index in [1.54, 1.807) is 6.20 Å². The van der Waals surface area contributed by atoms with Gasteiger partial charge in [-0.25, -0.2) is 4.98 Å². The zero-order valence-electron chi connectivity index (χ0n) is 9.64. The maximum Gasteiger partial charge on any atom is 0.307 e. The lowest BCUT2D eigenvalue weighted by atomic mass is 10.1. The standard InChI is InChI=1S/C11H14N2O3S/c1-11(2,10-12-3-4-17-10)13-8(14)6-5-7(6)9(15)16/h3-4,6-7H,5H2,1-2H3,(H,13,14)(H,15,16). The molecular formula is C11H14N2O3S. The second-order valence-electron chi connectivity index (χ2n) is 4.74. The van der Waals surface area contributed by atoms with Crippen LogP contribution in [-0.4, -0.2) is 22.0 Å². The highest BCUT2D eigenvalue weighted by molar-refractivity contribution is 7.09. The highest BCUT2D eigenvalue weighted by atomic mass is 32.1. The van der Waals surface area contributed by atoms with Crippen LogP contribution in [0.1, 0.15) is 25.3 Å². The van der Waals surface area contributed by atoms with Gasteiger partial charge >= 0.3 is 5.97 Å². The maximum absolute atomic E-state index is 11.8. The quantitative estimate of drug-likeness (QED) is 0.846. The van der Waals surface area contributed by atoms with Gasteiger partial charge in [-0.1, -0.05) is 0 Å². The van der Waals surface area contributed by atoms with E-state index in [2.05, 4.69) is 10.3 Å². The summed E-state index contributed by atoms with van der Waals surface area (Å²) >= 11 is 1.47. The number of thiazole rings is 1. The van der Waals surface area contributed by atoms with Crippen LogP contribution in [0.4, 0.5) is 0 Å². The minimum Gasteiger partial charge on any atom is -0.481 e. The summed E-state index contributed by atoms with van der Waals surface area (Å²) < 4.78 is 0. The number of aromatic nitrogens is 1. The Hall–Kier alpha value is -1.43. The molecule has 92 valence electrons. The summed E-state index contributed by atoms with van der Waals surface area (Å²) in [6.45, 7) is 3.73. The number of rotatable bonds is 4.